The lowest BCUT2D eigenvalue weighted by atomic mass is 9.41. The van der Waals surface area contributed by atoms with Gasteiger partial charge in [0.1, 0.15) is 5.75 Å². The summed E-state index contributed by atoms with van der Waals surface area (Å²) in [7, 11) is 0. The van der Waals surface area contributed by atoms with Crippen LogP contribution in [0.15, 0.2) is 18.2 Å². The molecule has 3 aliphatic rings. The second kappa shape index (κ2) is 5.73. The van der Waals surface area contributed by atoms with E-state index in [0.717, 1.165) is 25.7 Å². The van der Waals surface area contributed by atoms with E-state index in [1.54, 1.807) is 6.07 Å². The van der Waals surface area contributed by atoms with E-state index in [9.17, 15) is 15.0 Å². The third-order valence-electron chi connectivity index (χ3n) is 7.14. The molecule has 4 unspecified atom stereocenters. The molecule has 0 heterocycles. The maximum absolute atomic E-state index is 12.7. The molecule has 4 rings (SSSR count). The van der Waals surface area contributed by atoms with Crippen molar-refractivity contribution in [1.82, 2.24) is 5.32 Å². The minimum Gasteiger partial charge on any atom is -0.508 e. The molecule has 2 fully saturated rings. The number of benzene rings is 1. The Hall–Kier alpha value is -1.55. The topological polar surface area (TPSA) is 69.6 Å². The number of aliphatic hydroxyl groups excluding tert-OH is 1. The number of phenols is 1. The number of hydrogen-bond donors (Lipinski definition) is 3. The SMILES string of the molecule is CC(C)NC(=O)C1C2C3CCc4cc(O)ccc4C3CC[C@]2(C)[C@H]1O. The van der Waals surface area contributed by atoms with E-state index >= 15 is 0 Å². The van der Waals surface area contributed by atoms with Gasteiger partial charge in [0, 0.05) is 6.04 Å². The van der Waals surface area contributed by atoms with Crippen molar-refractivity contribution in [1.29, 1.82) is 0 Å². The molecule has 0 saturated heterocycles. The zero-order valence-electron chi connectivity index (χ0n) is 15.3. The van der Waals surface area contributed by atoms with E-state index in [1.807, 2.05) is 19.9 Å². The average Bonchev–Trinajstić information content (AvgIpc) is 2.55. The molecule has 4 nitrogen and oxygen atoms in total. The van der Waals surface area contributed by atoms with Gasteiger partial charge in [-0.1, -0.05) is 13.0 Å². The van der Waals surface area contributed by atoms with Crippen LogP contribution in [0.1, 0.15) is 57.1 Å². The number of amides is 1. The first-order chi connectivity index (χ1) is 11.8. The van der Waals surface area contributed by atoms with Gasteiger partial charge in [0.05, 0.1) is 12.0 Å². The Morgan fingerprint density at radius 1 is 1.32 bits per heavy atom. The standard InChI is InChI=1S/C21H29NO3/c1-11(2)22-20(25)17-18-16-6-4-12-10-13(23)5-7-14(12)15(16)8-9-21(18,3)19(17)24/h5,7,10-11,15-19,23-24H,4,6,8-9H2,1-3H3,(H,22,25)/t15?,16?,17?,18?,19-,21-/m0/s1. The molecule has 1 aromatic rings. The second-order valence-electron chi connectivity index (χ2n) is 8.90. The Morgan fingerprint density at radius 2 is 2.08 bits per heavy atom. The number of rotatable bonds is 2. The van der Waals surface area contributed by atoms with Gasteiger partial charge in [-0.15, -0.1) is 0 Å². The molecule has 4 heteroatoms. The summed E-state index contributed by atoms with van der Waals surface area (Å²) >= 11 is 0. The number of carbonyl (C=O) groups excluding carboxylic acids is 1. The van der Waals surface area contributed by atoms with Gasteiger partial charge in [-0.3, -0.25) is 4.79 Å². The number of fused-ring (bicyclic) bond motifs is 5. The number of aliphatic hydroxyl groups is 1. The number of aromatic hydroxyl groups is 1. The Morgan fingerprint density at radius 3 is 2.80 bits per heavy atom. The highest BCUT2D eigenvalue weighted by atomic mass is 16.3. The summed E-state index contributed by atoms with van der Waals surface area (Å²) in [6.45, 7) is 6.11. The molecule has 1 aromatic carbocycles. The van der Waals surface area contributed by atoms with Crippen LogP contribution in [0.4, 0.5) is 0 Å². The highest BCUT2D eigenvalue weighted by molar-refractivity contribution is 5.81. The molecule has 0 radical (unpaired) electrons. The van der Waals surface area contributed by atoms with Crippen molar-refractivity contribution in [3.05, 3.63) is 29.3 Å². The van der Waals surface area contributed by atoms with Crippen LogP contribution in [0.2, 0.25) is 0 Å². The first-order valence-corrected chi connectivity index (χ1v) is 9.63. The van der Waals surface area contributed by atoms with Crippen molar-refractivity contribution in [3.63, 3.8) is 0 Å². The van der Waals surface area contributed by atoms with E-state index in [-0.39, 0.29) is 29.2 Å². The average molecular weight is 343 g/mol. The van der Waals surface area contributed by atoms with Gasteiger partial charge >= 0.3 is 0 Å². The van der Waals surface area contributed by atoms with Crippen molar-refractivity contribution in [2.75, 3.05) is 0 Å². The molecule has 3 aliphatic carbocycles. The van der Waals surface area contributed by atoms with Crippen molar-refractivity contribution >= 4 is 5.91 Å². The highest BCUT2D eigenvalue weighted by Gasteiger charge is 2.66. The minimum atomic E-state index is -0.529. The molecule has 0 spiro atoms. The lowest BCUT2D eigenvalue weighted by Crippen LogP contribution is -2.68. The van der Waals surface area contributed by atoms with Gasteiger partial charge < -0.3 is 15.5 Å². The molecular weight excluding hydrogens is 314 g/mol. The second-order valence-corrected chi connectivity index (χ2v) is 8.90. The van der Waals surface area contributed by atoms with Crippen LogP contribution in [-0.4, -0.2) is 28.3 Å². The molecule has 0 bridgehead atoms. The molecule has 6 atom stereocenters. The van der Waals surface area contributed by atoms with Gasteiger partial charge in [0.25, 0.3) is 0 Å². The lowest BCUT2D eigenvalue weighted by Gasteiger charge is -2.64. The third-order valence-corrected chi connectivity index (χ3v) is 7.14. The summed E-state index contributed by atoms with van der Waals surface area (Å²) in [6, 6.07) is 5.86. The molecule has 0 aromatic heterocycles. The number of carbonyl (C=O) groups is 1. The van der Waals surface area contributed by atoms with E-state index in [0.29, 0.717) is 17.6 Å². The van der Waals surface area contributed by atoms with Gasteiger partial charge in [0.2, 0.25) is 5.91 Å². The van der Waals surface area contributed by atoms with Crippen LogP contribution in [0.5, 0.6) is 5.75 Å². The monoisotopic (exact) mass is 343 g/mol. The fourth-order valence-electron chi connectivity index (χ4n) is 6.04. The normalized spacial score (nSPS) is 39.0. The quantitative estimate of drug-likeness (QED) is 0.773. The number of hydrogen-bond acceptors (Lipinski definition) is 3. The fraction of sp³-hybridized carbons (Fsp3) is 0.667. The van der Waals surface area contributed by atoms with E-state index < -0.39 is 6.10 Å². The third kappa shape index (κ3) is 2.41. The lowest BCUT2D eigenvalue weighted by molar-refractivity contribution is -0.216. The van der Waals surface area contributed by atoms with Crippen LogP contribution in [0.3, 0.4) is 0 Å². The number of phenolic OH excluding ortho intramolecular Hbond substituents is 1. The summed E-state index contributed by atoms with van der Waals surface area (Å²) < 4.78 is 0. The van der Waals surface area contributed by atoms with Crippen LogP contribution in [0.25, 0.3) is 0 Å². The molecular formula is C21H29NO3. The predicted molar refractivity (Wildman–Crippen MR) is 96.3 cm³/mol. The smallest absolute Gasteiger partial charge is 0.226 e. The molecule has 136 valence electrons. The molecule has 25 heavy (non-hydrogen) atoms. The minimum absolute atomic E-state index is 0.0159. The highest BCUT2D eigenvalue weighted by Crippen LogP contribution is 2.65. The Balaban J connectivity index is 1.65. The predicted octanol–water partition coefficient (Wildman–Crippen LogP) is 2.97. The van der Waals surface area contributed by atoms with Crippen molar-refractivity contribution in [3.8, 4) is 5.75 Å². The Bertz CT molecular complexity index is 700. The summed E-state index contributed by atoms with van der Waals surface area (Å²) in [5.74, 6) is 1.22. The largest absolute Gasteiger partial charge is 0.508 e. The van der Waals surface area contributed by atoms with Crippen LogP contribution < -0.4 is 5.32 Å². The van der Waals surface area contributed by atoms with Crippen LogP contribution in [-0.2, 0) is 11.2 Å². The molecule has 0 aliphatic heterocycles. The van der Waals surface area contributed by atoms with Crippen LogP contribution >= 0.6 is 0 Å². The van der Waals surface area contributed by atoms with E-state index in [4.69, 9.17) is 0 Å². The molecule has 3 N–H and O–H groups in total. The summed E-state index contributed by atoms with van der Waals surface area (Å²) in [5, 5.41) is 23.6. The molecule has 1 amide bonds. The summed E-state index contributed by atoms with van der Waals surface area (Å²) in [6.07, 6.45) is 3.49. The van der Waals surface area contributed by atoms with E-state index in [2.05, 4.69) is 18.3 Å². The Kier molecular flexibility index (Phi) is 3.87. The molecule has 2 saturated carbocycles. The number of nitrogens with one attached hydrogen (secondary N) is 1. The number of aryl methyl sites for hydroxylation is 1. The first kappa shape index (κ1) is 16.9. The van der Waals surface area contributed by atoms with Crippen LogP contribution in [0, 0.1) is 23.2 Å². The van der Waals surface area contributed by atoms with Crippen molar-refractivity contribution < 1.29 is 15.0 Å². The van der Waals surface area contributed by atoms with Gasteiger partial charge in [-0.2, -0.15) is 0 Å². The van der Waals surface area contributed by atoms with Gasteiger partial charge in [0.15, 0.2) is 0 Å². The summed E-state index contributed by atoms with van der Waals surface area (Å²) in [5.41, 5.74) is 2.47. The van der Waals surface area contributed by atoms with Gasteiger partial charge in [-0.25, -0.2) is 0 Å². The van der Waals surface area contributed by atoms with Gasteiger partial charge in [-0.05, 0) is 86.0 Å². The maximum atomic E-state index is 12.7. The summed E-state index contributed by atoms with van der Waals surface area (Å²) in [4.78, 5) is 12.7. The van der Waals surface area contributed by atoms with Crippen molar-refractivity contribution in [2.24, 2.45) is 23.2 Å². The first-order valence-electron chi connectivity index (χ1n) is 9.63. The zero-order valence-corrected chi connectivity index (χ0v) is 15.3. The zero-order chi connectivity index (χ0) is 17.9. The van der Waals surface area contributed by atoms with Crippen molar-refractivity contribution in [2.45, 2.75) is 64.5 Å². The maximum Gasteiger partial charge on any atom is 0.226 e. The van der Waals surface area contributed by atoms with E-state index in [1.165, 1.54) is 11.1 Å². The Labute approximate surface area is 149 Å². The fourth-order valence-corrected chi connectivity index (χ4v) is 6.04.